The summed E-state index contributed by atoms with van der Waals surface area (Å²) in [6.07, 6.45) is 5.26. The molecule has 19 heavy (non-hydrogen) atoms. The van der Waals surface area contributed by atoms with Crippen LogP contribution in [-0.2, 0) is 13.1 Å². The van der Waals surface area contributed by atoms with Crippen LogP contribution < -0.4 is 5.32 Å². The van der Waals surface area contributed by atoms with Crippen LogP contribution in [0.5, 0.6) is 0 Å². The highest BCUT2D eigenvalue weighted by Crippen LogP contribution is 2.16. The zero-order valence-corrected chi connectivity index (χ0v) is 12.2. The van der Waals surface area contributed by atoms with Crippen molar-refractivity contribution in [1.29, 1.82) is 0 Å². The van der Waals surface area contributed by atoms with E-state index in [1.165, 1.54) is 16.9 Å². The minimum Gasteiger partial charge on any atom is -0.313 e. The van der Waals surface area contributed by atoms with Gasteiger partial charge < -0.3 is 5.32 Å². The molecule has 0 unspecified atom stereocenters. The summed E-state index contributed by atoms with van der Waals surface area (Å²) >= 11 is 1.87. The van der Waals surface area contributed by atoms with Crippen molar-refractivity contribution in [2.75, 3.05) is 12.3 Å². The first-order chi connectivity index (χ1) is 9.38. The lowest BCUT2D eigenvalue weighted by Gasteiger charge is -2.02. The summed E-state index contributed by atoms with van der Waals surface area (Å²) in [5, 5.41) is 7.78. The first-order valence-corrected chi connectivity index (χ1v) is 7.77. The van der Waals surface area contributed by atoms with Gasteiger partial charge in [0.05, 0.1) is 12.7 Å². The van der Waals surface area contributed by atoms with E-state index < -0.39 is 0 Å². The number of thioether (sulfide) groups is 1. The Bertz CT molecular complexity index is 467. The van der Waals surface area contributed by atoms with Gasteiger partial charge >= 0.3 is 0 Å². The molecule has 1 aromatic carbocycles. The van der Waals surface area contributed by atoms with E-state index in [1.807, 2.05) is 28.7 Å². The fraction of sp³-hybridized carbons (Fsp3) is 0.400. The Labute approximate surface area is 119 Å². The number of benzene rings is 1. The molecule has 1 N–H and O–H groups in total. The molecular weight excluding hydrogens is 254 g/mol. The van der Waals surface area contributed by atoms with E-state index >= 15 is 0 Å². The van der Waals surface area contributed by atoms with Crippen molar-refractivity contribution in [3.63, 3.8) is 0 Å². The Morgan fingerprint density at radius 1 is 1.26 bits per heavy atom. The van der Waals surface area contributed by atoms with E-state index in [0.717, 1.165) is 25.4 Å². The number of nitrogens with zero attached hydrogens (tertiary/aromatic N) is 2. The summed E-state index contributed by atoms with van der Waals surface area (Å²) in [6, 6.07) is 10.5. The lowest BCUT2D eigenvalue weighted by Crippen LogP contribution is -2.13. The molecular formula is C15H21N3S. The Balaban J connectivity index is 1.71. The van der Waals surface area contributed by atoms with Crippen LogP contribution in [0.1, 0.15) is 18.9 Å². The molecule has 102 valence electrons. The van der Waals surface area contributed by atoms with Crippen molar-refractivity contribution in [3.8, 4) is 0 Å². The van der Waals surface area contributed by atoms with Crippen molar-refractivity contribution in [3.05, 3.63) is 48.3 Å². The molecule has 0 radical (unpaired) electrons. The third-order valence-corrected chi connectivity index (χ3v) is 3.77. The molecule has 0 atom stereocenters. The maximum Gasteiger partial charge on any atom is 0.0534 e. The summed E-state index contributed by atoms with van der Waals surface area (Å²) in [7, 11) is 0. The standard InChI is InChI=1S/C15H21N3S/c1-2-8-16-11-14-12-17-18(13-14)9-10-19-15-6-4-3-5-7-15/h3-7,12-13,16H,2,8-11H2,1H3. The van der Waals surface area contributed by atoms with Gasteiger partial charge in [0, 0.05) is 29.0 Å². The maximum absolute atomic E-state index is 4.39. The minimum absolute atomic E-state index is 0.916. The molecule has 0 saturated carbocycles. The van der Waals surface area contributed by atoms with Gasteiger partial charge in [0.25, 0.3) is 0 Å². The van der Waals surface area contributed by atoms with Gasteiger partial charge in [-0.1, -0.05) is 25.1 Å². The molecule has 0 spiro atoms. The second-order valence-electron chi connectivity index (χ2n) is 4.45. The first-order valence-electron chi connectivity index (χ1n) is 6.78. The second kappa shape index (κ2) is 8.02. The summed E-state index contributed by atoms with van der Waals surface area (Å²) in [5.41, 5.74) is 1.26. The van der Waals surface area contributed by atoms with Crippen LogP contribution in [0.25, 0.3) is 0 Å². The molecule has 0 aliphatic carbocycles. The van der Waals surface area contributed by atoms with Gasteiger partial charge in [-0.25, -0.2) is 0 Å². The van der Waals surface area contributed by atoms with E-state index in [2.05, 4.69) is 47.8 Å². The lowest BCUT2D eigenvalue weighted by molar-refractivity contribution is 0.658. The molecule has 2 aromatic rings. The number of hydrogen-bond acceptors (Lipinski definition) is 3. The predicted molar refractivity (Wildman–Crippen MR) is 81.4 cm³/mol. The number of nitrogens with one attached hydrogen (secondary N) is 1. The van der Waals surface area contributed by atoms with Crippen molar-refractivity contribution < 1.29 is 0 Å². The van der Waals surface area contributed by atoms with E-state index in [1.54, 1.807) is 0 Å². The third kappa shape index (κ3) is 5.09. The number of hydrogen-bond donors (Lipinski definition) is 1. The zero-order valence-electron chi connectivity index (χ0n) is 11.4. The Morgan fingerprint density at radius 2 is 2.11 bits per heavy atom. The van der Waals surface area contributed by atoms with Crippen LogP contribution in [0.15, 0.2) is 47.6 Å². The Kier molecular flexibility index (Phi) is 5.98. The smallest absolute Gasteiger partial charge is 0.0534 e. The predicted octanol–water partition coefficient (Wildman–Crippen LogP) is 3.18. The van der Waals surface area contributed by atoms with E-state index in [-0.39, 0.29) is 0 Å². The van der Waals surface area contributed by atoms with Gasteiger partial charge in [-0.2, -0.15) is 5.10 Å². The summed E-state index contributed by atoms with van der Waals surface area (Å²) in [4.78, 5) is 1.32. The van der Waals surface area contributed by atoms with Gasteiger partial charge in [0.2, 0.25) is 0 Å². The number of rotatable bonds is 8. The molecule has 1 aromatic heterocycles. The van der Waals surface area contributed by atoms with Crippen LogP contribution in [0.3, 0.4) is 0 Å². The van der Waals surface area contributed by atoms with Gasteiger partial charge in [0.15, 0.2) is 0 Å². The van der Waals surface area contributed by atoms with Gasteiger partial charge in [-0.05, 0) is 25.1 Å². The van der Waals surface area contributed by atoms with Crippen molar-refractivity contribution in [2.24, 2.45) is 0 Å². The molecule has 0 aliphatic heterocycles. The monoisotopic (exact) mass is 275 g/mol. The molecule has 0 saturated heterocycles. The van der Waals surface area contributed by atoms with Gasteiger partial charge in [0.1, 0.15) is 0 Å². The highest BCUT2D eigenvalue weighted by Gasteiger charge is 1.99. The van der Waals surface area contributed by atoms with Crippen LogP contribution >= 0.6 is 11.8 Å². The molecule has 2 rings (SSSR count). The number of aromatic nitrogens is 2. The van der Waals surface area contributed by atoms with Crippen molar-refractivity contribution in [1.82, 2.24) is 15.1 Å². The molecule has 0 bridgehead atoms. The zero-order chi connectivity index (χ0) is 13.3. The largest absolute Gasteiger partial charge is 0.313 e. The van der Waals surface area contributed by atoms with Crippen LogP contribution in [0.4, 0.5) is 0 Å². The molecule has 1 heterocycles. The van der Waals surface area contributed by atoms with Crippen molar-refractivity contribution in [2.45, 2.75) is 31.3 Å². The summed E-state index contributed by atoms with van der Waals surface area (Å²) in [6.45, 7) is 5.11. The molecule has 3 nitrogen and oxygen atoms in total. The topological polar surface area (TPSA) is 29.9 Å². The Hall–Kier alpha value is -1.26. The average molecular weight is 275 g/mol. The summed E-state index contributed by atoms with van der Waals surface area (Å²) in [5.74, 6) is 1.05. The molecule has 0 amide bonds. The highest BCUT2D eigenvalue weighted by atomic mass is 32.2. The molecule has 4 heteroatoms. The molecule has 0 aliphatic rings. The maximum atomic E-state index is 4.39. The van der Waals surface area contributed by atoms with Gasteiger partial charge in [-0.15, -0.1) is 11.8 Å². The Morgan fingerprint density at radius 3 is 2.89 bits per heavy atom. The van der Waals surface area contributed by atoms with E-state index in [4.69, 9.17) is 0 Å². The normalized spacial score (nSPS) is 10.8. The minimum atomic E-state index is 0.916. The van der Waals surface area contributed by atoms with Gasteiger partial charge in [-0.3, -0.25) is 4.68 Å². The second-order valence-corrected chi connectivity index (χ2v) is 5.62. The van der Waals surface area contributed by atoms with Crippen LogP contribution in [0, 0.1) is 0 Å². The van der Waals surface area contributed by atoms with E-state index in [0.29, 0.717) is 0 Å². The van der Waals surface area contributed by atoms with Crippen LogP contribution in [0.2, 0.25) is 0 Å². The quantitative estimate of drug-likeness (QED) is 0.593. The van der Waals surface area contributed by atoms with E-state index in [9.17, 15) is 0 Å². The first kappa shape index (κ1) is 14.2. The molecule has 0 fully saturated rings. The fourth-order valence-corrected chi connectivity index (χ4v) is 2.67. The fourth-order valence-electron chi connectivity index (χ4n) is 1.80. The van der Waals surface area contributed by atoms with Crippen molar-refractivity contribution >= 4 is 11.8 Å². The number of aryl methyl sites for hydroxylation is 1. The van der Waals surface area contributed by atoms with Crippen LogP contribution in [-0.4, -0.2) is 22.1 Å². The third-order valence-electron chi connectivity index (χ3n) is 2.77. The SMILES string of the molecule is CCCNCc1cnn(CCSc2ccccc2)c1. The lowest BCUT2D eigenvalue weighted by atomic mass is 10.3. The summed E-state index contributed by atoms with van der Waals surface area (Å²) < 4.78 is 2.03. The average Bonchev–Trinajstić information content (AvgIpc) is 2.88. The highest BCUT2D eigenvalue weighted by molar-refractivity contribution is 7.99.